The number of carbonyl (C=O) groups excluding carboxylic acids is 1. The van der Waals surface area contributed by atoms with Crippen molar-refractivity contribution >= 4 is 5.78 Å². The summed E-state index contributed by atoms with van der Waals surface area (Å²) in [5, 5.41) is 0. The van der Waals surface area contributed by atoms with Gasteiger partial charge in [-0.2, -0.15) is 13.2 Å². The molecule has 19 heavy (non-hydrogen) atoms. The monoisotopic (exact) mass is 267 g/mol. The molecule has 1 aromatic heterocycles. The Bertz CT molecular complexity index is 581. The lowest BCUT2D eigenvalue weighted by atomic mass is 10.1. The average Bonchev–Trinajstić information content (AvgIpc) is 2.77. The molecule has 1 aromatic carbocycles. The first-order chi connectivity index (χ1) is 8.86. The number of carbonyl (C=O) groups is 1. The third-order valence-electron chi connectivity index (χ3n) is 2.80. The van der Waals surface area contributed by atoms with Gasteiger partial charge in [-0.3, -0.25) is 4.79 Å². The van der Waals surface area contributed by atoms with E-state index in [-0.39, 0.29) is 5.78 Å². The van der Waals surface area contributed by atoms with Crippen LogP contribution in [0.25, 0.3) is 0 Å². The fourth-order valence-corrected chi connectivity index (χ4v) is 1.78. The highest BCUT2D eigenvalue weighted by Gasteiger charge is 2.29. The van der Waals surface area contributed by atoms with Crippen molar-refractivity contribution in [2.24, 2.45) is 0 Å². The molecule has 0 amide bonds. The van der Waals surface area contributed by atoms with Crippen molar-refractivity contribution in [2.75, 3.05) is 0 Å². The van der Waals surface area contributed by atoms with E-state index >= 15 is 0 Å². The highest BCUT2D eigenvalue weighted by Crippen LogP contribution is 2.29. The Morgan fingerprint density at radius 3 is 2.21 bits per heavy atom. The summed E-state index contributed by atoms with van der Waals surface area (Å²) >= 11 is 0. The van der Waals surface area contributed by atoms with Gasteiger partial charge in [-0.05, 0) is 29.8 Å². The standard InChI is InChI=1S/C14H12F3NO/c1-9(19)13-7-6-12(18-13)8-10-2-4-11(5-3-10)14(15,16)17/h2-7,18H,8H2,1H3. The Balaban J connectivity index is 2.13. The second-order valence-corrected chi connectivity index (χ2v) is 4.32. The molecule has 0 saturated carbocycles. The molecule has 1 heterocycles. The van der Waals surface area contributed by atoms with Crippen LogP contribution in [-0.2, 0) is 12.6 Å². The maximum Gasteiger partial charge on any atom is 0.416 e. The second-order valence-electron chi connectivity index (χ2n) is 4.32. The van der Waals surface area contributed by atoms with Crippen LogP contribution in [0, 0.1) is 0 Å². The zero-order valence-electron chi connectivity index (χ0n) is 10.2. The lowest BCUT2D eigenvalue weighted by molar-refractivity contribution is -0.137. The molecule has 2 aromatic rings. The van der Waals surface area contributed by atoms with Crippen molar-refractivity contribution in [1.29, 1.82) is 0 Å². The number of benzene rings is 1. The molecule has 0 atom stereocenters. The molecule has 1 N–H and O–H groups in total. The van der Waals surface area contributed by atoms with E-state index in [0.29, 0.717) is 12.1 Å². The van der Waals surface area contributed by atoms with Gasteiger partial charge in [0.05, 0.1) is 11.3 Å². The summed E-state index contributed by atoms with van der Waals surface area (Å²) in [4.78, 5) is 14.0. The van der Waals surface area contributed by atoms with Gasteiger partial charge in [0.2, 0.25) is 0 Å². The van der Waals surface area contributed by atoms with Crippen molar-refractivity contribution in [3.05, 3.63) is 58.9 Å². The van der Waals surface area contributed by atoms with Gasteiger partial charge < -0.3 is 4.98 Å². The first-order valence-corrected chi connectivity index (χ1v) is 5.71. The molecular weight excluding hydrogens is 255 g/mol. The van der Waals surface area contributed by atoms with Gasteiger partial charge in [-0.25, -0.2) is 0 Å². The molecule has 0 saturated heterocycles. The molecule has 0 aliphatic rings. The zero-order chi connectivity index (χ0) is 14.0. The van der Waals surface area contributed by atoms with Gasteiger partial charge in [0.1, 0.15) is 0 Å². The van der Waals surface area contributed by atoms with E-state index in [1.165, 1.54) is 19.1 Å². The molecule has 2 rings (SSSR count). The Morgan fingerprint density at radius 1 is 1.11 bits per heavy atom. The van der Waals surface area contributed by atoms with E-state index in [1.807, 2.05) is 0 Å². The highest BCUT2D eigenvalue weighted by atomic mass is 19.4. The van der Waals surface area contributed by atoms with E-state index < -0.39 is 11.7 Å². The van der Waals surface area contributed by atoms with Gasteiger partial charge in [0.15, 0.2) is 5.78 Å². The van der Waals surface area contributed by atoms with Gasteiger partial charge in [-0.1, -0.05) is 12.1 Å². The molecule has 0 fully saturated rings. The third kappa shape index (κ3) is 3.24. The number of hydrogen-bond acceptors (Lipinski definition) is 1. The lowest BCUT2D eigenvalue weighted by Crippen LogP contribution is -2.04. The van der Waals surface area contributed by atoms with Crippen LogP contribution in [0.1, 0.15) is 34.2 Å². The van der Waals surface area contributed by atoms with Crippen molar-refractivity contribution in [3.8, 4) is 0 Å². The summed E-state index contributed by atoms with van der Waals surface area (Å²) in [5.74, 6) is -0.0707. The van der Waals surface area contributed by atoms with Crippen LogP contribution in [0.15, 0.2) is 36.4 Å². The maximum atomic E-state index is 12.4. The molecular formula is C14H12F3NO. The van der Waals surface area contributed by atoms with E-state index in [0.717, 1.165) is 23.4 Å². The predicted octanol–water partition coefficient (Wildman–Crippen LogP) is 3.83. The predicted molar refractivity (Wildman–Crippen MR) is 65.0 cm³/mol. The van der Waals surface area contributed by atoms with Crippen LogP contribution < -0.4 is 0 Å². The first-order valence-electron chi connectivity index (χ1n) is 5.71. The van der Waals surface area contributed by atoms with Crippen molar-refractivity contribution in [3.63, 3.8) is 0 Å². The molecule has 0 bridgehead atoms. The molecule has 100 valence electrons. The summed E-state index contributed by atoms with van der Waals surface area (Å²) in [6, 6.07) is 8.43. The summed E-state index contributed by atoms with van der Waals surface area (Å²) in [7, 11) is 0. The van der Waals surface area contributed by atoms with Gasteiger partial charge in [-0.15, -0.1) is 0 Å². The molecule has 0 spiro atoms. The maximum absolute atomic E-state index is 12.4. The molecule has 5 heteroatoms. The smallest absolute Gasteiger partial charge is 0.356 e. The number of halogens is 3. The second kappa shape index (κ2) is 4.91. The first kappa shape index (κ1) is 13.4. The summed E-state index contributed by atoms with van der Waals surface area (Å²) in [5.41, 5.74) is 1.39. The van der Waals surface area contributed by atoms with E-state index in [4.69, 9.17) is 0 Å². The Labute approximate surface area is 108 Å². The molecule has 0 aliphatic carbocycles. The largest absolute Gasteiger partial charge is 0.416 e. The number of nitrogens with one attached hydrogen (secondary N) is 1. The number of aromatic nitrogens is 1. The van der Waals surface area contributed by atoms with E-state index in [9.17, 15) is 18.0 Å². The Hall–Kier alpha value is -2.04. The van der Waals surface area contributed by atoms with Crippen LogP contribution >= 0.6 is 0 Å². The Kier molecular flexibility index (Phi) is 3.46. The lowest BCUT2D eigenvalue weighted by Gasteiger charge is -2.07. The van der Waals surface area contributed by atoms with Crippen molar-refractivity contribution < 1.29 is 18.0 Å². The molecule has 0 aliphatic heterocycles. The number of Topliss-reactive ketones (excluding diaryl/α,β-unsaturated/α-hetero) is 1. The van der Waals surface area contributed by atoms with Crippen LogP contribution in [-0.4, -0.2) is 10.8 Å². The van der Waals surface area contributed by atoms with Crippen molar-refractivity contribution in [2.45, 2.75) is 19.5 Å². The minimum absolute atomic E-state index is 0.0707. The summed E-state index contributed by atoms with van der Waals surface area (Å²) < 4.78 is 37.2. The van der Waals surface area contributed by atoms with Gasteiger partial charge >= 0.3 is 6.18 Å². The number of alkyl halides is 3. The summed E-state index contributed by atoms with van der Waals surface area (Å²) in [6.07, 6.45) is -3.85. The molecule has 2 nitrogen and oxygen atoms in total. The topological polar surface area (TPSA) is 32.9 Å². The van der Waals surface area contributed by atoms with Gasteiger partial charge in [0, 0.05) is 19.0 Å². The molecule has 0 radical (unpaired) electrons. The van der Waals surface area contributed by atoms with Crippen molar-refractivity contribution in [1.82, 2.24) is 4.98 Å². The van der Waals surface area contributed by atoms with Crippen LogP contribution in [0.4, 0.5) is 13.2 Å². The number of H-pyrrole nitrogens is 1. The average molecular weight is 267 g/mol. The fraction of sp³-hybridized carbons (Fsp3) is 0.214. The van der Waals surface area contributed by atoms with E-state index in [1.54, 1.807) is 12.1 Å². The number of hydrogen-bond donors (Lipinski definition) is 1. The Morgan fingerprint density at radius 2 is 1.74 bits per heavy atom. The zero-order valence-corrected chi connectivity index (χ0v) is 10.2. The normalized spacial score (nSPS) is 11.6. The highest BCUT2D eigenvalue weighted by molar-refractivity contribution is 5.92. The quantitative estimate of drug-likeness (QED) is 0.842. The number of ketones is 1. The van der Waals surface area contributed by atoms with Crippen LogP contribution in [0.3, 0.4) is 0 Å². The van der Waals surface area contributed by atoms with Crippen LogP contribution in [0.5, 0.6) is 0 Å². The third-order valence-corrected chi connectivity index (χ3v) is 2.80. The minimum atomic E-state index is -4.31. The molecule has 0 unspecified atom stereocenters. The SMILES string of the molecule is CC(=O)c1ccc(Cc2ccc(C(F)(F)F)cc2)[nH]1. The minimum Gasteiger partial charge on any atom is -0.356 e. The number of aromatic amines is 1. The van der Waals surface area contributed by atoms with Crippen LogP contribution in [0.2, 0.25) is 0 Å². The number of rotatable bonds is 3. The van der Waals surface area contributed by atoms with Gasteiger partial charge in [0.25, 0.3) is 0 Å². The summed E-state index contributed by atoms with van der Waals surface area (Å²) in [6.45, 7) is 1.45. The van der Waals surface area contributed by atoms with E-state index in [2.05, 4.69) is 4.98 Å². The fourth-order valence-electron chi connectivity index (χ4n) is 1.78.